The minimum Gasteiger partial charge on any atom is -0.444 e. The fraction of sp³-hybridized carbons (Fsp3) is 0.882. The quantitative estimate of drug-likeness (QED) is 0.113. The SMILES string of the molecule is CC(C)(C)OC(=O)N1CCCC[C@H]1C(=O)NNC(=O)[C@@H]1CC[C@@H]2CN1C(=O)N2OS(=O)(=O)O.CCCC[N+](CCCC)(CCCC)CCCC. The van der Waals surface area contributed by atoms with E-state index in [1.807, 2.05) is 0 Å². The van der Waals surface area contributed by atoms with Gasteiger partial charge in [-0.25, -0.2) is 9.59 Å². The lowest BCUT2D eigenvalue weighted by Crippen LogP contribution is -2.59. The molecule has 0 spiro atoms. The number of unbranched alkanes of at least 4 members (excludes halogenated alkanes) is 4. The molecule has 3 aliphatic heterocycles. The summed E-state index contributed by atoms with van der Waals surface area (Å²) in [7, 11) is -4.90. The maximum atomic E-state index is 12.7. The molecule has 0 aromatic carbocycles. The number of carbonyl (C=O) groups is 4. The number of hydrogen-bond acceptors (Lipinski definition) is 8. The molecule has 3 heterocycles. The molecule has 0 radical (unpaired) electrons. The Morgan fingerprint density at radius 2 is 1.32 bits per heavy atom. The highest BCUT2D eigenvalue weighted by Gasteiger charge is 2.49. The minimum absolute atomic E-state index is 0.0232. The molecule has 3 atom stereocenters. The molecular weight excluding hydrogens is 668 g/mol. The molecule has 16 heteroatoms. The van der Waals surface area contributed by atoms with Gasteiger partial charge in [0.05, 0.1) is 32.2 Å². The third kappa shape index (κ3) is 13.8. The molecule has 0 aromatic heterocycles. The summed E-state index contributed by atoms with van der Waals surface area (Å²) >= 11 is 0. The van der Waals surface area contributed by atoms with E-state index in [0.717, 1.165) is 17.7 Å². The lowest BCUT2D eigenvalue weighted by atomic mass is 10.0. The Hall–Kier alpha value is -2.69. The fourth-order valence-corrected chi connectivity index (χ4v) is 7.17. The monoisotopic (exact) mass is 733 g/mol. The van der Waals surface area contributed by atoms with Crippen LogP contribution in [-0.4, -0.2) is 119 Å². The highest BCUT2D eigenvalue weighted by atomic mass is 32.3. The molecule has 0 aliphatic carbocycles. The van der Waals surface area contributed by atoms with E-state index in [1.54, 1.807) is 20.8 Å². The summed E-state index contributed by atoms with van der Waals surface area (Å²) < 4.78 is 41.9. The van der Waals surface area contributed by atoms with Crippen LogP contribution in [-0.2, 0) is 29.0 Å². The van der Waals surface area contributed by atoms with Crippen LogP contribution in [0.5, 0.6) is 0 Å². The number of piperidine rings is 2. The Bertz CT molecular complexity index is 1170. The van der Waals surface area contributed by atoms with Gasteiger partial charge in [0.1, 0.15) is 17.7 Å². The predicted octanol–water partition coefficient (Wildman–Crippen LogP) is 4.93. The van der Waals surface area contributed by atoms with Gasteiger partial charge in [-0.1, -0.05) is 53.4 Å². The first kappa shape index (κ1) is 43.5. The molecule has 3 N–H and O–H groups in total. The highest BCUT2D eigenvalue weighted by molar-refractivity contribution is 7.80. The van der Waals surface area contributed by atoms with Crippen molar-refractivity contribution in [2.75, 3.05) is 39.3 Å². The summed E-state index contributed by atoms with van der Waals surface area (Å²) in [5.74, 6) is -1.27. The molecule has 2 bridgehead atoms. The smallest absolute Gasteiger partial charge is 0.418 e. The van der Waals surface area contributed by atoms with Gasteiger partial charge in [0, 0.05) is 13.1 Å². The zero-order valence-electron chi connectivity index (χ0n) is 31.6. The van der Waals surface area contributed by atoms with Gasteiger partial charge in [0.25, 0.3) is 11.8 Å². The second kappa shape index (κ2) is 20.4. The van der Waals surface area contributed by atoms with Gasteiger partial charge in [-0.3, -0.25) is 29.9 Å². The molecule has 0 saturated carbocycles. The average Bonchev–Trinajstić information content (AvgIpc) is 3.29. The number of urea groups is 1. The van der Waals surface area contributed by atoms with E-state index in [1.165, 1.54) is 86.9 Å². The van der Waals surface area contributed by atoms with Crippen LogP contribution in [0.2, 0.25) is 0 Å². The standard InChI is InChI=1S/C18H29N5O9S.C16H36N/c1-18(2,3)31-17(27)21-9-5-4-6-12(21)14(24)19-20-15(25)13-8-7-11-10-22(13)16(26)23(11)32-33(28,29)30;1-5-9-13-17(14-10-6-2,15-11-7-3)16-12-8-4/h11-13H,4-10H2,1-3H3,(H,19,24)(H,20,25)(H,28,29,30);5-16H2,1-4H3/q;+1/t11-,12+,13+;/m1./s1. The lowest BCUT2D eigenvalue weighted by Gasteiger charge is -2.39. The van der Waals surface area contributed by atoms with Crippen molar-refractivity contribution in [2.24, 2.45) is 0 Å². The maximum Gasteiger partial charge on any atom is 0.418 e. The number of hydrazine groups is 1. The summed E-state index contributed by atoms with van der Waals surface area (Å²) in [5.41, 5.74) is 3.87. The van der Waals surface area contributed by atoms with Crippen LogP contribution >= 0.6 is 0 Å². The number of rotatable bonds is 16. The fourth-order valence-electron chi connectivity index (χ4n) is 6.78. The van der Waals surface area contributed by atoms with E-state index in [-0.39, 0.29) is 19.4 Å². The Kier molecular flexibility index (Phi) is 17.7. The number of hydroxylamine groups is 2. The third-order valence-corrected chi connectivity index (χ3v) is 9.84. The van der Waals surface area contributed by atoms with Crippen LogP contribution in [0, 0.1) is 0 Å². The van der Waals surface area contributed by atoms with Crippen molar-refractivity contribution >= 4 is 34.3 Å². The van der Waals surface area contributed by atoms with Crippen molar-refractivity contribution in [1.29, 1.82) is 0 Å². The van der Waals surface area contributed by atoms with Gasteiger partial charge in [0.2, 0.25) is 0 Å². The van der Waals surface area contributed by atoms with Gasteiger partial charge >= 0.3 is 22.5 Å². The van der Waals surface area contributed by atoms with Gasteiger partial charge in [-0.2, -0.15) is 13.5 Å². The van der Waals surface area contributed by atoms with Crippen LogP contribution in [0.1, 0.15) is 132 Å². The molecule has 15 nitrogen and oxygen atoms in total. The maximum absolute atomic E-state index is 12.7. The summed E-state index contributed by atoms with van der Waals surface area (Å²) in [4.78, 5) is 52.7. The summed E-state index contributed by atoms with van der Waals surface area (Å²) in [6.45, 7) is 20.6. The second-order valence-electron chi connectivity index (χ2n) is 14.8. The van der Waals surface area contributed by atoms with E-state index < -0.39 is 58.1 Å². The van der Waals surface area contributed by atoms with Gasteiger partial charge in [-0.15, -0.1) is 4.28 Å². The van der Waals surface area contributed by atoms with Crippen molar-refractivity contribution in [2.45, 2.75) is 156 Å². The van der Waals surface area contributed by atoms with Crippen LogP contribution in [0.25, 0.3) is 0 Å². The molecule has 290 valence electrons. The third-order valence-electron chi connectivity index (χ3n) is 9.49. The molecule has 0 unspecified atom stereocenters. The van der Waals surface area contributed by atoms with Crippen molar-refractivity contribution in [1.82, 2.24) is 25.7 Å². The van der Waals surface area contributed by atoms with E-state index in [9.17, 15) is 27.6 Å². The molecule has 50 heavy (non-hydrogen) atoms. The Morgan fingerprint density at radius 3 is 1.78 bits per heavy atom. The Morgan fingerprint density at radius 1 is 0.820 bits per heavy atom. The number of likely N-dealkylation sites (tertiary alicyclic amines) is 1. The zero-order chi connectivity index (χ0) is 37.5. The number of nitrogens with one attached hydrogen (secondary N) is 2. The van der Waals surface area contributed by atoms with Gasteiger partial charge in [-0.05, 0) is 78.6 Å². The van der Waals surface area contributed by atoms with E-state index >= 15 is 0 Å². The van der Waals surface area contributed by atoms with E-state index in [4.69, 9.17) is 9.29 Å². The van der Waals surface area contributed by atoms with Crippen LogP contribution < -0.4 is 10.9 Å². The van der Waals surface area contributed by atoms with Crippen LogP contribution in [0.4, 0.5) is 9.59 Å². The van der Waals surface area contributed by atoms with E-state index in [0.29, 0.717) is 18.0 Å². The summed E-state index contributed by atoms with van der Waals surface area (Å²) in [6, 6.07) is -3.32. The number of quaternary nitrogens is 1. The number of fused-ring (bicyclic) bond motifs is 2. The van der Waals surface area contributed by atoms with Crippen molar-refractivity contribution < 1.29 is 45.7 Å². The van der Waals surface area contributed by atoms with E-state index in [2.05, 4.69) is 42.8 Å². The van der Waals surface area contributed by atoms with Gasteiger partial charge < -0.3 is 14.1 Å². The molecule has 3 saturated heterocycles. The first-order valence-corrected chi connectivity index (χ1v) is 20.1. The first-order valence-electron chi connectivity index (χ1n) is 18.7. The van der Waals surface area contributed by atoms with Crippen molar-refractivity contribution in [3.63, 3.8) is 0 Å². The number of carbonyl (C=O) groups excluding carboxylic acids is 4. The highest BCUT2D eigenvalue weighted by Crippen LogP contribution is 2.30. The van der Waals surface area contributed by atoms with Gasteiger partial charge in [0.15, 0.2) is 0 Å². The van der Waals surface area contributed by atoms with Crippen LogP contribution in [0.3, 0.4) is 0 Å². The Labute approximate surface area is 300 Å². The number of hydrogen-bond donors (Lipinski definition) is 3. The number of ether oxygens (including phenoxy) is 1. The first-order chi connectivity index (χ1) is 23.5. The van der Waals surface area contributed by atoms with Crippen molar-refractivity contribution in [3.05, 3.63) is 0 Å². The average molecular weight is 734 g/mol. The minimum atomic E-state index is -4.90. The molecule has 5 amide bonds. The van der Waals surface area contributed by atoms with Crippen LogP contribution in [0.15, 0.2) is 0 Å². The second-order valence-corrected chi connectivity index (χ2v) is 15.8. The lowest BCUT2D eigenvalue weighted by molar-refractivity contribution is -0.929. The normalized spacial score (nSPS) is 21.0. The largest absolute Gasteiger partial charge is 0.444 e. The number of amides is 5. The topological polar surface area (TPSA) is 175 Å². The molecular formula is C34H65N6O9S+. The number of nitrogens with zero attached hydrogens (tertiary/aromatic N) is 4. The molecule has 3 fully saturated rings. The van der Waals surface area contributed by atoms with Crippen molar-refractivity contribution in [3.8, 4) is 0 Å². The molecule has 3 aliphatic rings. The molecule has 3 rings (SSSR count). The molecule has 0 aromatic rings. The Balaban J connectivity index is 0.000000432. The zero-order valence-corrected chi connectivity index (χ0v) is 32.4. The summed E-state index contributed by atoms with van der Waals surface area (Å²) in [6.07, 6.45) is 12.7. The summed E-state index contributed by atoms with van der Waals surface area (Å²) in [5, 5.41) is 0.530. The predicted molar refractivity (Wildman–Crippen MR) is 190 cm³/mol.